The summed E-state index contributed by atoms with van der Waals surface area (Å²) in [6.45, 7) is 5.94. The van der Waals surface area contributed by atoms with Crippen LogP contribution < -0.4 is 21.8 Å². The first-order valence-corrected chi connectivity index (χ1v) is 14.9. The van der Waals surface area contributed by atoms with E-state index in [1.54, 1.807) is 35.0 Å². The molecule has 0 aliphatic heterocycles. The largest absolute Gasteiger partial charge is 0.350 e. The topological polar surface area (TPSA) is 151 Å². The molecule has 5 N–H and O–H groups in total. The van der Waals surface area contributed by atoms with Crippen molar-refractivity contribution in [3.8, 4) is 5.69 Å². The van der Waals surface area contributed by atoms with Crippen LogP contribution in [-0.2, 0) is 22.0 Å². The van der Waals surface area contributed by atoms with Gasteiger partial charge in [0.2, 0.25) is 10.0 Å². The van der Waals surface area contributed by atoms with Crippen molar-refractivity contribution in [2.24, 2.45) is 5.73 Å². The van der Waals surface area contributed by atoms with Gasteiger partial charge >= 0.3 is 12.1 Å². The lowest BCUT2D eigenvalue weighted by molar-refractivity contribution is 0.219. The van der Waals surface area contributed by atoms with E-state index >= 15 is 0 Å². The fourth-order valence-corrected chi connectivity index (χ4v) is 5.03. The lowest BCUT2D eigenvalue weighted by Gasteiger charge is -2.20. The van der Waals surface area contributed by atoms with E-state index < -0.39 is 22.1 Å². The predicted molar refractivity (Wildman–Crippen MR) is 162 cm³/mol. The van der Waals surface area contributed by atoms with Crippen LogP contribution in [0.25, 0.3) is 16.5 Å². The SMILES string of the molecule is CC(C)(C)c1cc(NC(=O)Nc2cccc(Cl)c2Cl)n(-c2cc(CNN(C(N)=O)S(C)(=O)=O)c3ccccc3c2)n1. The number of benzene rings is 3. The molecule has 0 unspecified atom stereocenters. The molecule has 1 heterocycles. The molecule has 4 rings (SSSR count). The lowest BCUT2D eigenvalue weighted by atomic mass is 9.92. The number of fused-ring (bicyclic) bond motifs is 1. The Morgan fingerprint density at radius 3 is 2.39 bits per heavy atom. The molecular formula is C27H29Cl2N7O4S. The van der Waals surface area contributed by atoms with Crippen molar-refractivity contribution in [1.29, 1.82) is 0 Å². The van der Waals surface area contributed by atoms with Crippen molar-refractivity contribution in [2.75, 3.05) is 16.9 Å². The highest BCUT2D eigenvalue weighted by atomic mass is 35.5. The highest BCUT2D eigenvalue weighted by Gasteiger charge is 2.24. The summed E-state index contributed by atoms with van der Waals surface area (Å²) in [7, 11) is -3.96. The summed E-state index contributed by atoms with van der Waals surface area (Å²) < 4.78 is 26.1. The monoisotopic (exact) mass is 617 g/mol. The van der Waals surface area contributed by atoms with Crippen molar-refractivity contribution >= 4 is 67.6 Å². The van der Waals surface area contributed by atoms with E-state index in [9.17, 15) is 18.0 Å². The highest BCUT2D eigenvalue weighted by molar-refractivity contribution is 7.88. The van der Waals surface area contributed by atoms with E-state index in [1.807, 2.05) is 51.1 Å². The zero-order valence-electron chi connectivity index (χ0n) is 22.7. The van der Waals surface area contributed by atoms with E-state index in [-0.39, 0.29) is 17.0 Å². The normalized spacial score (nSPS) is 11.9. The number of primary amides is 1. The maximum atomic E-state index is 13.0. The van der Waals surface area contributed by atoms with Gasteiger partial charge in [0.1, 0.15) is 5.82 Å². The van der Waals surface area contributed by atoms with Gasteiger partial charge in [0.15, 0.2) is 0 Å². The van der Waals surface area contributed by atoms with Crippen LogP contribution in [0.4, 0.5) is 21.1 Å². The van der Waals surface area contributed by atoms with Gasteiger partial charge in [0, 0.05) is 18.0 Å². The first kappa shape index (κ1) is 30.1. The third-order valence-corrected chi connectivity index (χ3v) is 7.83. The molecule has 14 heteroatoms. The Balaban J connectivity index is 1.76. The van der Waals surface area contributed by atoms with Gasteiger partial charge in [-0.2, -0.15) is 5.10 Å². The fourth-order valence-electron chi connectivity index (χ4n) is 4.06. The number of sulfonamides is 1. The molecule has 41 heavy (non-hydrogen) atoms. The molecule has 0 atom stereocenters. The van der Waals surface area contributed by atoms with Crippen LogP contribution in [0.1, 0.15) is 32.0 Å². The van der Waals surface area contributed by atoms with E-state index in [1.165, 1.54) is 0 Å². The molecule has 0 radical (unpaired) electrons. The number of urea groups is 2. The van der Waals surface area contributed by atoms with Crippen molar-refractivity contribution in [2.45, 2.75) is 32.7 Å². The molecule has 0 aliphatic carbocycles. The molecule has 0 saturated carbocycles. The third kappa shape index (κ3) is 6.91. The van der Waals surface area contributed by atoms with Gasteiger partial charge in [0.05, 0.1) is 33.4 Å². The number of carbonyl (C=O) groups excluding carboxylic acids is 2. The second kappa shape index (κ2) is 11.6. The number of halogens is 2. The van der Waals surface area contributed by atoms with E-state index in [2.05, 4.69) is 16.1 Å². The minimum atomic E-state index is -3.96. The van der Waals surface area contributed by atoms with E-state index in [0.29, 0.717) is 37.9 Å². The van der Waals surface area contributed by atoms with Gasteiger partial charge in [0.25, 0.3) is 0 Å². The number of anilines is 2. The average molecular weight is 619 g/mol. The number of nitrogens with zero attached hydrogens (tertiary/aromatic N) is 3. The molecule has 4 amide bonds. The summed E-state index contributed by atoms with van der Waals surface area (Å²) in [5.41, 5.74) is 9.79. The molecular weight excluding hydrogens is 589 g/mol. The van der Waals surface area contributed by atoms with Gasteiger partial charge in [-0.25, -0.2) is 28.1 Å². The van der Waals surface area contributed by atoms with Gasteiger partial charge in [-0.3, -0.25) is 5.32 Å². The summed E-state index contributed by atoms with van der Waals surface area (Å²) in [6, 6.07) is 16.1. The molecule has 0 saturated heterocycles. The van der Waals surface area contributed by atoms with Gasteiger partial charge in [-0.15, -0.1) is 4.41 Å². The van der Waals surface area contributed by atoms with Crippen molar-refractivity contribution < 1.29 is 18.0 Å². The van der Waals surface area contributed by atoms with Crippen LogP contribution in [0.2, 0.25) is 10.0 Å². The van der Waals surface area contributed by atoms with Crippen molar-refractivity contribution in [3.05, 3.63) is 82.0 Å². The van der Waals surface area contributed by atoms with Gasteiger partial charge in [-0.05, 0) is 40.6 Å². The molecule has 0 bridgehead atoms. The van der Waals surface area contributed by atoms with Crippen LogP contribution >= 0.6 is 23.2 Å². The van der Waals surface area contributed by atoms with Crippen LogP contribution in [0.15, 0.2) is 60.7 Å². The summed E-state index contributed by atoms with van der Waals surface area (Å²) in [5.74, 6) is 0.370. The molecule has 11 nitrogen and oxygen atoms in total. The van der Waals surface area contributed by atoms with E-state index in [0.717, 1.165) is 17.0 Å². The molecule has 1 aromatic heterocycles. The Morgan fingerprint density at radius 2 is 1.73 bits per heavy atom. The molecule has 4 aromatic rings. The Hall–Kier alpha value is -3.84. The number of hydrogen-bond donors (Lipinski definition) is 4. The zero-order chi connectivity index (χ0) is 30.1. The van der Waals surface area contributed by atoms with Crippen LogP contribution in [0.5, 0.6) is 0 Å². The molecule has 0 fully saturated rings. The number of nitrogens with one attached hydrogen (secondary N) is 3. The number of rotatable bonds is 7. The summed E-state index contributed by atoms with van der Waals surface area (Å²) in [5, 5.41) is 12.5. The number of aromatic nitrogens is 2. The number of carbonyl (C=O) groups is 2. The second-order valence-electron chi connectivity index (χ2n) is 10.3. The summed E-state index contributed by atoms with van der Waals surface area (Å²) in [6.07, 6.45) is 0.872. The van der Waals surface area contributed by atoms with Gasteiger partial charge in [-0.1, -0.05) is 74.3 Å². The van der Waals surface area contributed by atoms with Gasteiger partial charge < -0.3 is 11.1 Å². The van der Waals surface area contributed by atoms with Crippen molar-refractivity contribution in [3.63, 3.8) is 0 Å². The Labute approximate surface area is 247 Å². The standard InChI is InChI=1S/C27H29Cl2N7O4S/c1-27(2,3)22-14-23(33-26(38)32-21-11-7-10-20(28)24(21)29)35(34-22)18-12-16-8-5-6-9-19(16)17(13-18)15-31-36(25(30)37)41(4,39)40/h5-14,31H,15H2,1-4H3,(H2,30,37)(H2,32,33,38). The average Bonchev–Trinajstić information content (AvgIpc) is 3.30. The van der Waals surface area contributed by atoms with E-state index in [4.69, 9.17) is 34.0 Å². The smallest absolute Gasteiger partial charge is 0.343 e. The second-order valence-corrected chi connectivity index (χ2v) is 12.9. The summed E-state index contributed by atoms with van der Waals surface area (Å²) >= 11 is 12.3. The number of hydrogen-bond acceptors (Lipinski definition) is 6. The highest BCUT2D eigenvalue weighted by Crippen LogP contribution is 2.31. The predicted octanol–water partition coefficient (Wildman–Crippen LogP) is 5.62. The first-order chi connectivity index (χ1) is 19.1. The maximum absolute atomic E-state index is 13.0. The quantitative estimate of drug-likeness (QED) is 0.198. The fraction of sp³-hybridized carbons (Fsp3) is 0.222. The first-order valence-electron chi connectivity index (χ1n) is 12.3. The number of hydrazine groups is 1. The minimum Gasteiger partial charge on any atom is -0.350 e. The molecule has 3 aromatic carbocycles. The molecule has 0 spiro atoms. The maximum Gasteiger partial charge on any atom is 0.343 e. The Bertz CT molecular complexity index is 1750. The number of amides is 4. The van der Waals surface area contributed by atoms with Crippen LogP contribution in [-0.4, -0.2) is 40.9 Å². The zero-order valence-corrected chi connectivity index (χ0v) is 25.0. The number of nitrogens with two attached hydrogens (primary N) is 1. The summed E-state index contributed by atoms with van der Waals surface area (Å²) in [4.78, 5) is 24.8. The lowest BCUT2D eigenvalue weighted by Crippen LogP contribution is -2.48. The molecule has 0 aliphatic rings. The van der Waals surface area contributed by atoms with Crippen LogP contribution in [0.3, 0.4) is 0 Å². The Kier molecular flexibility index (Phi) is 8.50. The molecule has 216 valence electrons. The third-order valence-electron chi connectivity index (χ3n) is 6.04. The Morgan fingerprint density at radius 1 is 1.02 bits per heavy atom. The van der Waals surface area contributed by atoms with Crippen LogP contribution in [0, 0.1) is 0 Å². The minimum absolute atomic E-state index is 0.0473. The van der Waals surface area contributed by atoms with Crippen molar-refractivity contribution in [1.82, 2.24) is 19.6 Å².